The zero-order chi connectivity index (χ0) is 13.1. The van der Waals surface area contributed by atoms with Gasteiger partial charge >= 0.3 is 0 Å². The summed E-state index contributed by atoms with van der Waals surface area (Å²) in [5.41, 5.74) is 0. The van der Waals surface area contributed by atoms with Gasteiger partial charge < -0.3 is 20.7 Å². The topological polar surface area (TPSA) is 74.8 Å². The molecule has 0 bridgehead atoms. The Kier molecular flexibility index (Phi) is 14.1. The third kappa shape index (κ3) is 10.6. The van der Waals surface area contributed by atoms with Crippen molar-refractivity contribution >= 4 is 35.8 Å². The molecule has 1 atom stereocenters. The number of hydrogen-bond acceptors (Lipinski definition) is 3. The summed E-state index contributed by atoms with van der Waals surface area (Å²) in [6, 6.07) is 0.145. The molecule has 0 aliphatic rings. The average molecular weight is 372 g/mol. The van der Waals surface area contributed by atoms with Gasteiger partial charge in [0, 0.05) is 26.2 Å². The molecule has 0 aromatic carbocycles. The van der Waals surface area contributed by atoms with Crippen LogP contribution in [0.5, 0.6) is 0 Å². The van der Waals surface area contributed by atoms with E-state index < -0.39 is 0 Å². The summed E-state index contributed by atoms with van der Waals surface area (Å²) in [6.07, 6.45) is 0. The molecule has 0 heterocycles. The highest BCUT2D eigenvalue weighted by Crippen LogP contribution is 1.83. The van der Waals surface area contributed by atoms with Gasteiger partial charge in [-0.15, -0.1) is 24.0 Å². The minimum atomic E-state index is -0.0795. The molecule has 1 unspecified atom stereocenters. The molecule has 0 radical (unpaired) electrons. The SMILES string of the molecule is CCNC(=O)CN=C(NCC)NC(C)COC.I. The predicted molar refractivity (Wildman–Crippen MR) is 84.6 cm³/mol. The molecule has 0 aliphatic heterocycles. The molecular formula is C11H25IN4O2. The molecule has 0 saturated carbocycles. The molecule has 108 valence electrons. The molecule has 0 fully saturated rings. The molecule has 6 nitrogen and oxygen atoms in total. The average Bonchev–Trinajstić information content (AvgIpc) is 2.27. The van der Waals surface area contributed by atoms with Crippen LogP contribution in [-0.2, 0) is 9.53 Å². The van der Waals surface area contributed by atoms with E-state index in [1.54, 1.807) is 7.11 Å². The number of rotatable bonds is 7. The Hall–Kier alpha value is -0.570. The number of ether oxygens (including phenoxy) is 1. The lowest BCUT2D eigenvalue weighted by molar-refractivity contribution is -0.119. The molecule has 1 amide bonds. The van der Waals surface area contributed by atoms with Crippen molar-refractivity contribution < 1.29 is 9.53 Å². The molecule has 0 aliphatic carbocycles. The summed E-state index contributed by atoms with van der Waals surface area (Å²) in [7, 11) is 1.65. The zero-order valence-corrected chi connectivity index (χ0v) is 13.9. The molecule has 0 rings (SSSR count). The quantitative estimate of drug-likeness (QED) is 0.342. The van der Waals surface area contributed by atoms with Crippen molar-refractivity contribution in [1.29, 1.82) is 0 Å². The maximum atomic E-state index is 11.3. The monoisotopic (exact) mass is 372 g/mol. The third-order valence-electron chi connectivity index (χ3n) is 1.90. The Bertz CT molecular complexity index is 249. The van der Waals surface area contributed by atoms with Crippen molar-refractivity contribution in [1.82, 2.24) is 16.0 Å². The molecular weight excluding hydrogens is 347 g/mol. The maximum absolute atomic E-state index is 11.3. The lowest BCUT2D eigenvalue weighted by atomic mass is 10.4. The van der Waals surface area contributed by atoms with E-state index in [1.807, 2.05) is 20.8 Å². The summed E-state index contributed by atoms with van der Waals surface area (Å²) in [4.78, 5) is 15.4. The Morgan fingerprint density at radius 1 is 1.28 bits per heavy atom. The van der Waals surface area contributed by atoms with E-state index >= 15 is 0 Å². The largest absolute Gasteiger partial charge is 0.383 e. The van der Waals surface area contributed by atoms with Gasteiger partial charge in [-0.2, -0.15) is 0 Å². The maximum Gasteiger partial charge on any atom is 0.241 e. The summed E-state index contributed by atoms with van der Waals surface area (Å²) < 4.78 is 5.02. The summed E-state index contributed by atoms with van der Waals surface area (Å²) in [5, 5.41) is 8.92. The Morgan fingerprint density at radius 2 is 1.89 bits per heavy atom. The van der Waals surface area contributed by atoms with E-state index in [-0.39, 0.29) is 42.5 Å². The number of nitrogens with zero attached hydrogens (tertiary/aromatic N) is 1. The van der Waals surface area contributed by atoms with Gasteiger partial charge in [0.05, 0.1) is 6.61 Å². The highest BCUT2D eigenvalue weighted by molar-refractivity contribution is 14.0. The van der Waals surface area contributed by atoms with Gasteiger partial charge in [0.2, 0.25) is 5.91 Å². The fraction of sp³-hybridized carbons (Fsp3) is 0.818. The number of aliphatic imine (C=N–C) groups is 1. The van der Waals surface area contributed by atoms with Crippen molar-refractivity contribution in [3.63, 3.8) is 0 Å². The van der Waals surface area contributed by atoms with Crippen LogP contribution in [0.15, 0.2) is 4.99 Å². The van der Waals surface area contributed by atoms with Crippen LogP contribution >= 0.6 is 24.0 Å². The first-order valence-corrected chi connectivity index (χ1v) is 5.94. The number of nitrogens with one attached hydrogen (secondary N) is 3. The van der Waals surface area contributed by atoms with E-state index in [1.165, 1.54) is 0 Å². The number of hydrogen-bond donors (Lipinski definition) is 3. The highest BCUT2D eigenvalue weighted by Gasteiger charge is 2.05. The van der Waals surface area contributed by atoms with Gasteiger partial charge in [0.25, 0.3) is 0 Å². The van der Waals surface area contributed by atoms with Crippen LogP contribution in [0, 0.1) is 0 Å². The zero-order valence-electron chi connectivity index (χ0n) is 11.6. The van der Waals surface area contributed by atoms with Crippen LogP contribution in [0.2, 0.25) is 0 Å². The van der Waals surface area contributed by atoms with Crippen molar-refractivity contribution in [2.24, 2.45) is 4.99 Å². The lowest BCUT2D eigenvalue weighted by Gasteiger charge is -2.16. The first kappa shape index (κ1) is 19.8. The number of halogens is 1. The molecule has 3 N–H and O–H groups in total. The second-order valence-electron chi connectivity index (χ2n) is 3.65. The first-order valence-electron chi connectivity index (χ1n) is 5.94. The number of carbonyl (C=O) groups is 1. The fourth-order valence-corrected chi connectivity index (χ4v) is 1.25. The van der Waals surface area contributed by atoms with E-state index in [2.05, 4.69) is 20.9 Å². The van der Waals surface area contributed by atoms with Crippen LogP contribution in [0.3, 0.4) is 0 Å². The first-order chi connectivity index (χ1) is 8.13. The van der Waals surface area contributed by atoms with Crippen LogP contribution in [0.25, 0.3) is 0 Å². The molecule has 0 aromatic rings. The van der Waals surface area contributed by atoms with Crippen LogP contribution in [0.4, 0.5) is 0 Å². The van der Waals surface area contributed by atoms with E-state index in [4.69, 9.17) is 4.74 Å². The van der Waals surface area contributed by atoms with Crippen molar-refractivity contribution in [3.05, 3.63) is 0 Å². The molecule has 0 aromatic heterocycles. The second-order valence-corrected chi connectivity index (χ2v) is 3.65. The van der Waals surface area contributed by atoms with Crippen molar-refractivity contribution in [2.45, 2.75) is 26.8 Å². The van der Waals surface area contributed by atoms with Crippen LogP contribution < -0.4 is 16.0 Å². The minimum absolute atomic E-state index is 0. The fourth-order valence-electron chi connectivity index (χ4n) is 1.25. The number of likely N-dealkylation sites (N-methyl/N-ethyl adjacent to an activating group) is 1. The van der Waals surface area contributed by atoms with E-state index in [9.17, 15) is 4.79 Å². The standard InChI is InChI=1S/C11H24N4O2.HI/c1-5-12-10(16)7-14-11(13-6-2)15-9(3)8-17-4;/h9H,5-8H2,1-4H3,(H,12,16)(H2,13,14,15);1H. The summed E-state index contributed by atoms with van der Waals surface area (Å²) >= 11 is 0. The summed E-state index contributed by atoms with van der Waals surface area (Å²) in [5.74, 6) is 0.549. The van der Waals surface area contributed by atoms with Gasteiger partial charge in [0.15, 0.2) is 5.96 Å². The van der Waals surface area contributed by atoms with E-state index in [0.29, 0.717) is 19.1 Å². The van der Waals surface area contributed by atoms with E-state index in [0.717, 1.165) is 6.54 Å². The molecule has 0 spiro atoms. The molecule has 0 saturated heterocycles. The van der Waals surface area contributed by atoms with Crippen molar-refractivity contribution in [3.8, 4) is 0 Å². The number of methoxy groups -OCH3 is 1. The predicted octanol–water partition coefficient (Wildman–Crippen LogP) is 0.331. The summed E-state index contributed by atoms with van der Waals surface area (Å²) in [6.45, 7) is 7.94. The van der Waals surface area contributed by atoms with Gasteiger partial charge in [-0.25, -0.2) is 4.99 Å². The normalized spacial score (nSPS) is 12.3. The Labute approximate surface area is 126 Å². The third-order valence-corrected chi connectivity index (χ3v) is 1.90. The van der Waals surface area contributed by atoms with Gasteiger partial charge in [-0.1, -0.05) is 0 Å². The minimum Gasteiger partial charge on any atom is -0.383 e. The van der Waals surface area contributed by atoms with Gasteiger partial charge in [0.1, 0.15) is 6.54 Å². The van der Waals surface area contributed by atoms with Gasteiger partial charge in [-0.3, -0.25) is 4.79 Å². The smallest absolute Gasteiger partial charge is 0.241 e. The Morgan fingerprint density at radius 3 is 2.39 bits per heavy atom. The number of carbonyl (C=O) groups excluding carboxylic acids is 1. The van der Waals surface area contributed by atoms with Crippen molar-refractivity contribution in [2.75, 3.05) is 33.4 Å². The number of amides is 1. The second kappa shape index (κ2) is 12.9. The lowest BCUT2D eigenvalue weighted by Crippen LogP contribution is -2.44. The van der Waals surface area contributed by atoms with Crippen LogP contribution in [-0.4, -0.2) is 51.3 Å². The Balaban J connectivity index is 0. The molecule has 18 heavy (non-hydrogen) atoms. The van der Waals surface area contributed by atoms with Gasteiger partial charge in [-0.05, 0) is 20.8 Å². The highest BCUT2D eigenvalue weighted by atomic mass is 127. The number of guanidine groups is 1. The molecule has 7 heteroatoms. The van der Waals surface area contributed by atoms with Crippen LogP contribution in [0.1, 0.15) is 20.8 Å².